The number of halogens is 1. The van der Waals surface area contributed by atoms with Crippen molar-refractivity contribution in [2.75, 3.05) is 11.9 Å². The molecule has 0 aromatic carbocycles. The van der Waals surface area contributed by atoms with Gasteiger partial charge in [-0.15, -0.1) is 0 Å². The molecule has 2 heteroatoms. The van der Waals surface area contributed by atoms with E-state index in [2.05, 4.69) is 56.6 Å². The fourth-order valence-corrected chi connectivity index (χ4v) is 9.19. The summed E-state index contributed by atoms with van der Waals surface area (Å²) in [6, 6.07) is 0. The molecule has 3 fully saturated rings. The molecule has 0 N–H and O–H groups in total. The van der Waals surface area contributed by atoms with Crippen LogP contribution >= 0.6 is 15.9 Å². The molecule has 0 unspecified atom stereocenters. The summed E-state index contributed by atoms with van der Waals surface area (Å²) < 4.78 is 6.15. The topological polar surface area (TPSA) is 9.23 Å². The summed E-state index contributed by atoms with van der Waals surface area (Å²) in [4.78, 5) is 0. The van der Waals surface area contributed by atoms with Crippen LogP contribution < -0.4 is 0 Å². The van der Waals surface area contributed by atoms with E-state index in [9.17, 15) is 0 Å². The first kappa shape index (κ1) is 24.3. The Hall–Kier alpha value is 0.180. The van der Waals surface area contributed by atoms with Crippen LogP contribution in [0, 0.1) is 46.3 Å². The lowest BCUT2D eigenvalue weighted by Gasteiger charge is -2.58. The summed E-state index contributed by atoms with van der Waals surface area (Å²) in [6.45, 7) is 13.6. The standard InChI is InChI=1S/C29H49BrO/c1-20(2)7-6-8-21(3)25-11-12-26-24-10-9-22-19-23(31-18-17-30)13-15-28(22,4)27(24)14-16-29(25,26)5/h9,20-21,23-27H,6-8,10-19H2,1-5H3/t21-,23+,24+,25-,26+,27+,28+,29-/m1/s1. The Kier molecular flexibility index (Phi) is 7.69. The van der Waals surface area contributed by atoms with Gasteiger partial charge in [-0.25, -0.2) is 0 Å². The van der Waals surface area contributed by atoms with Crippen molar-refractivity contribution in [1.82, 2.24) is 0 Å². The molecular weight excluding hydrogens is 444 g/mol. The second-order valence-electron chi connectivity index (χ2n) is 12.7. The van der Waals surface area contributed by atoms with E-state index < -0.39 is 0 Å². The second kappa shape index (κ2) is 9.81. The highest BCUT2D eigenvalue weighted by atomic mass is 79.9. The molecule has 0 spiro atoms. The highest BCUT2D eigenvalue weighted by Gasteiger charge is 2.59. The van der Waals surface area contributed by atoms with E-state index in [0.717, 1.165) is 47.4 Å². The molecule has 0 aliphatic heterocycles. The molecule has 4 rings (SSSR count). The van der Waals surface area contributed by atoms with Crippen molar-refractivity contribution in [1.29, 1.82) is 0 Å². The third-order valence-corrected chi connectivity index (χ3v) is 11.0. The predicted molar refractivity (Wildman–Crippen MR) is 137 cm³/mol. The van der Waals surface area contributed by atoms with Crippen LogP contribution in [0.3, 0.4) is 0 Å². The van der Waals surface area contributed by atoms with Crippen molar-refractivity contribution in [3.05, 3.63) is 11.6 Å². The lowest BCUT2D eigenvalue weighted by molar-refractivity contribution is -0.0628. The summed E-state index contributed by atoms with van der Waals surface area (Å²) >= 11 is 3.53. The van der Waals surface area contributed by atoms with Crippen LogP contribution in [0.25, 0.3) is 0 Å². The van der Waals surface area contributed by atoms with Crippen LogP contribution in [0.15, 0.2) is 11.6 Å². The largest absolute Gasteiger partial charge is 0.377 e. The zero-order chi connectivity index (χ0) is 22.2. The van der Waals surface area contributed by atoms with Crippen molar-refractivity contribution in [2.24, 2.45) is 46.3 Å². The van der Waals surface area contributed by atoms with Gasteiger partial charge < -0.3 is 4.74 Å². The van der Waals surface area contributed by atoms with Crippen molar-refractivity contribution in [2.45, 2.75) is 111 Å². The maximum absolute atomic E-state index is 6.15. The lowest BCUT2D eigenvalue weighted by atomic mass is 9.47. The highest BCUT2D eigenvalue weighted by molar-refractivity contribution is 9.09. The number of fused-ring (bicyclic) bond motifs is 5. The van der Waals surface area contributed by atoms with Gasteiger partial charge in [0.2, 0.25) is 0 Å². The van der Waals surface area contributed by atoms with Gasteiger partial charge in [0.25, 0.3) is 0 Å². The molecule has 0 bridgehead atoms. The lowest BCUT2D eigenvalue weighted by Crippen LogP contribution is -2.51. The maximum atomic E-state index is 6.15. The van der Waals surface area contributed by atoms with Crippen molar-refractivity contribution in [3.63, 3.8) is 0 Å². The Balaban J connectivity index is 1.45. The van der Waals surface area contributed by atoms with Gasteiger partial charge in [0.15, 0.2) is 0 Å². The van der Waals surface area contributed by atoms with E-state index in [-0.39, 0.29) is 0 Å². The second-order valence-corrected chi connectivity index (χ2v) is 13.5. The molecule has 0 amide bonds. The van der Waals surface area contributed by atoms with Crippen LogP contribution in [0.5, 0.6) is 0 Å². The Morgan fingerprint density at radius 2 is 1.84 bits per heavy atom. The predicted octanol–water partition coefficient (Wildman–Crippen LogP) is 8.81. The summed E-state index contributed by atoms with van der Waals surface area (Å²) in [5.41, 5.74) is 2.83. The summed E-state index contributed by atoms with van der Waals surface area (Å²) in [7, 11) is 0. The molecule has 0 heterocycles. The molecule has 0 aromatic heterocycles. The van der Waals surface area contributed by atoms with E-state index in [1.165, 1.54) is 70.6 Å². The molecule has 0 radical (unpaired) electrons. The number of hydrogen-bond acceptors (Lipinski definition) is 1. The molecule has 0 aromatic rings. The van der Waals surface area contributed by atoms with Crippen molar-refractivity contribution >= 4 is 15.9 Å². The molecule has 4 aliphatic rings. The molecule has 4 aliphatic carbocycles. The molecule has 0 saturated heterocycles. The van der Waals surface area contributed by atoms with Gasteiger partial charge in [-0.05, 0) is 97.7 Å². The molecule has 8 atom stereocenters. The number of rotatable bonds is 8. The maximum Gasteiger partial charge on any atom is 0.0613 e. The van der Waals surface area contributed by atoms with Crippen LogP contribution in [0.2, 0.25) is 0 Å². The monoisotopic (exact) mass is 492 g/mol. The molecule has 1 nitrogen and oxygen atoms in total. The van der Waals surface area contributed by atoms with Gasteiger partial charge in [-0.1, -0.05) is 81.5 Å². The number of allylic oxidation sites excluding steroid dienone is 1. The smallest absolute Gasteiger partial charge is 0.0613 e. The first-order valence-corrected chi connectivity index (χ1v) is 14.8. The molecule has 178 valence electrons. The zero-order valence-electron chi connectivity index (χ0n) is 21.1. The highest BCUT2D eigenvalue weighted by Crippen LogP contribution is 2.67. The Morgan fingerprint density at radius 3 is 2.58 bits per heavy atom. The fraction of sp³-hybridized carbons (Fsp3) is 0.931. The SMILES string of the molecule is CC(C)CCC[C@@H](C)[C@H]1CC[C@H]2[C@@H]3CC=C4C[C@@H](OCCBr)CC[C@]4(C)[C@H]3CC[C@]12C. The number of ether oxygens (including phenoxy) is 1. The molecular formula is C29H49BrO. The van der Waals surface area contributed by atoms with Gasteiger partial charge in [0.05, 0.1) is 12.7 Å². The fourth-order valence-electron chi connectivity index (χ4n) is 9.01. The quantitative estimate of drug-likeness (QED) is 0.242. The van der Waals surface area contributed by atoms with Crippen molar-refractivity contribution in [3.8, 4) is 0 Å². The summed E-state index contributed by atoms with van der Waals surface area (Å²) in [5, 5.41) is 0.960. The Bertz CT molecular complexity index is 641. The zero-order valence-corrected chi connectivity index (χ0v) is 22.7. The minimum absolute atomic E-state index is 0.458. The number of alkyl halides is 1. The van der Waals surface area contributed by atoms with E-state index in [1.54, 1.807) is 5.57 Å². The van der Waals surface area contributed by atoms with Gasteiger partial charge in [0, 0.05) is 5.33 Å². The Morgan fingerprint density at radius 1 is 1.03 bits per heavy atom. The minimum atomic E-state index is 0.458. The third-order valence-electron chi connectivity index (χ3n) is 10.7. The molecule has 31 heavy (non-hydrogen) atoms. The molecule has 3 saturated carbocycles. The average molecular weight is 494 g/mol. The van der Waals surface area contributed by atoms with E-state index in [0.29, 0.717) is 16.9 Å². The normalized spacial score (nSPS) is 43.2. The Labute approximate surface area is 201 Å². The van der Waals surface area contributed by atoms with E-state index in [1.807, 2.05) is 0 Å². The first-order chi connectivity index (χ1) is 14.8. The van der Waals surface area contributed by atoms with E-state index >= 15 is 0 Å². The van der Waals surface area contributed by atoms with Crippen molar-refractivity contribution < 1.29 is 4.74 Å². The van der Waals surface area contributed by atoms with Gasteiger partial charge >= 0.3 is 0 Å². The van der Waals surface area contributed by atoms with E-state index in [4.69, 9.17) is 4.74 Å². The van der Waals surface area contributed by atoms with Crippen LogP contribution in [0.4, 0.5) is 0 Å². The third kappa shape index (κ3) is 4.60. The van der Waals surface area contributed by atoms with Gasteiger partial charge in [-0.2, -0.15) is 0 Å². The number of hydrogen-bond donors (Lipinski definition) is 0. The van der Waals surface area contributed by atoms with Crippen LogP contribution in [-0.2, 0) is 4.74 Å². The van der Waals surface area contributed by atoms with Gasteiger partial charge in [-0.3, -0.25) is 0 Å². The first-order valence-electron chi connectivity index (χ1n) is 13.7. The average Bonchev–Trinajstić information content (AvgIpc) is 3.09. The van der Waals surface area contributed by atoms with Gasteiger partial charge in [0.1, 0.15) is 0 Å². The minimum Gasteiger partial charge on any atom is -0.377 e. The van der Waals surface area contributed by atoms with Crippen LogP contribution in [0.1, 0.15) is 105 Å². The van der Waals surface area contributed by atoms with Crippen LogP contribution in [-0.4, -0.2) is 18.0 Å². The summed E-state index contributed by atoms with van der Waals surface area (Å²) in [6.07, 6.45) is 18.6. The summed E-state index contributed by atoms with van der Waals surface area (Å²) in [5.74, 6) is 5.59.